The Morgan fingerprint density at radius 3 is 2.76 bits per heavy atom. The van der Waals surface area contributed by atoms with Gasteiger partial charge in [0.15, 0.2) is 0 Å². The predicted molar refractivity (Wildman–Crippen MR) is 84.1 cm³/mol. The van der Waals surface area contributed by atoms with Crippen molar-refractivity contribution < 1.29 is 9.13 Å². The second kappa shape index (κ2) is 5.96. The fourth-order valence-corrected chi connectivity index (χ4v) is 4.22. The SMILES string of the molecule is CCOC1CC(Nc2cccc(F)c2C)C12CCCCC2. The molecule has 2 saturated carbocycles. The molecule has 2 aliphatic carbocycles. The lowest BCUT2D eigenvalue weighted by Crippen LogP contribution is -2.62. The van der Waals surface area contributed by atoms with Crippen LogP contribution < -0.4 is 5.32 Å². The molecule has 3 rings (SSSR count). The van der Waals surface area contributed by atoms with E-state index in [2.05, 4.69) is 12.2 Å². The third-order valence-electron chi connectivity index (χ3n) is 5.53. The van der Waals surface area contributed by atoms with E-state index in [-0.39, 0.29) is 11.2 Å². The van der Waals surface area contributed by atoms with E-state index in [1.165, 1.54) is 38.2 Å². The van der Waals surface area contributed by atoms with E-state index in [9.17, 15) is 4.39 Å². The van der Waals surface area contributed by atoms with E-state index >= 15 is 0 Å². The average Bonchev–Trinajstić information content (AvgIpc) is 2.51. The molecule has 0 aliphatic heterocycles. The van der Waals surface area contributed by atoms with Crippen molar-refractivity contribution in [2.75, 3.05) is 11.9 Å². The van der Waals surface area contributed by atoms with Gasteiger partial charge in [0.25, 0.3) is 0 Å². The molecule has 1 aromatic rings. The second-order valence-corrected chi connectivity index (χ2v) is 6.58. The number of rotatable bonds is 4. The van der Waals surface area contributed by atoms with Gasteiger partial charge in [-0.2, -0.15) is 0 Å². The molecular formula is C18H26FNO. The molecule has 0 heterocycles. The summed E-state index contributed by atoms with van der Waals surface area (Å²) in [5.74, 6) is -0.127. The van der Waals surface area contributed by atoms with Gasteiger partial charge in [0.1, 0.15) is 5.82 Å². The lowest BCUT2D eigenvalue weighted by Gasteiger charge is -2.58. The number of halogens is 1. The van der Waals surface area contributed by atoms with Crippen molar-refractivity contribution in [2.45, 2.75) is 64.5 Å². The summed E-state index contributed by atoms with van der Waals surface area (Å²) in [5, 5.41) is 3.62. The first kappa shape index (κ1) is 14.8. The van der Waals surface area contributed by atoms with Gasteiger partial charge in [-0.1, -0.05) is 25.3 Å². The Kier molecular flexibility index (Phi) is 4.21. The van der Waals surface area contributed by atoms with Gasteiger partial charge in [0.05, 0.1) is 6.10 Å². The van der Waals surface area contributed by atoms with Gasteiger partial charge in [0, 0.05) is 29.3 Å². The minimum atomic E-state index is -0.127. The minimum Gasteiger partial charge on any atom is -0.381 e. The molecule has 0 amide bonds. The van der Waals surface area contributed by atoms with Gasteiger partial charge in [-0.15, -0.1) is 0 Å². The zero-order valence-electron chi connectivity index (χ0n) is 13.1. The highest BCUT2D eigenvalue weighted by Gasteiger charge is 2.55. The van der Waals surface area contributed by atoms with Crippen LogP contribution in [0.1, 0.15) is 51.0 Å². The molecule has 0 bridgehead atoms. The number of ether oxygens (including phenoxy) is 1. The molecule has 2 unspecified atom stereocenters. The number of hydrogen-bond acceptors (Lipinski definition) is 2. The molecule has 2 atom stereocenters. The van der Waals surface area contributed by atoms with Crippen LogP contribution in [0.4, 0.5) is 10.1 Å². The Morgan fingerprint density at radius 2 is 2.05 bits per heavy atom. The van der Waals surface area contributed by atoms with Crippen LogP contribution >= 0.6 is 0 Å². The fraction of sp³-hybridized carbons (Fsp3) is 0.667. The van der Waals surface area contributed by atoms with Gasteiger partial charge < -0.3 is 10.1 Å². The molecule has 0 saturated heterocycles. The monoisotopic (exact) mass is 291 g/mol. The summed E-state index contributed by atoms with van der Waals surface area (Å²) in [6, 6.07) is 5.73. The predicted octanol–water partition coefficient (Wildman–Crippen LogP) is 4.67. The molecule has 116 valence electrons. The van der Waals surface area contributed by atoms with E-state index in [4.69, 9.17) is 4.74 Å². The van der Waals surface area contributed by atoms with Crippen LogP contribution in [0.3, 0.4) is 0 Å². The molecule has 2 nitrogen and oxygen atoms in total. The van der Waals surface area contributed by atoms with Crippen LogP contribution in [0.15, 0.2) is 18.2 Å². The smallest absolute Gasteiger partial charge is 0.128 e. The minimum absolute atomic E-state index is 0.127. The van der Waals surface area contributed by atoms with E-state index in [1.54, 1.807) is 6.07 Å². The Hall–Kier alpha value is -1.09. The first-order valence-corrected chi connectivity index (χ1v) is 8.30. The van der Waals surface area contributed by atoms with Crippen LogP contribution in [0, 0.1) is 18.2 Å². The number of hydrogen-bond donors (Lipinski definition) is 1. The molecule has 2 fully saturated rings. The van der Waals surface area contributed by atoms with Gasteiger partial charge in [-0.25, -0.2) is 4.39 Å². The van der Waals surface area contributed by atoms with Gasteiger partial charge in [-0.05, 0) is 45.2 Å². The summed E-state index contributed by atoms with van der Waals surface area (Å²) < 4.78 is 19.7. The van der Waals surface area contributed by atoms with Gasteiger partial charge in [0.2, 0.25) is 0 Å². The maximum absolute atomic E-state index is 13.7. The normalized spacial score (nSPS) is 27.4. The maximum Gasteiger partial charge on any atom is 0.128 e. The Labute approximate surface area is 127 Å². The first-order chi connectivity index (χ1) is 10.2. The second-order valence-electron chi connectivity index (χ2n) is 6.58. The third-order valence-corrected chi connectivity index (χ3v) is 5.53. The summed E-state index contributed by atoms with van der Waals surface area (Å²) in [5.41, 5.74) is 1.94. The highest BCUT2D eigenvalue weighted by molar-refractivity contribution is 5.52. The average molecular weight is 291 g/mol. The van der Waals surface area contributed by atoms with Gasteiger partial charge in [-0.3, -0.25) is 0 Å². The van der Waals surface area contributed by atoms with Crippen LogP contribution in [0.5, 0.6) is 0 Å². The van der Waals surface area contributed by atoms with Crippen molar-refractivity contribution in [3.05, 3.63) is 29.6 Å². The van der Waals surface area contributed by atoms with Crippen LogP contribution in [0.25, 0.3) is 0 Å². The first-order valence-electron chi connectivity index (χ1n) is 8.30. The van der Waals surface area contributed by atoms with E-state index in [1.807, 2.05) is 13.0 Å². The highest BCUT2D eigenvalue weighted by atomic mass is 19.1. The molecule has 0 radical (unpaired) electrons. The lowest BCUT2D eigenvalue weighted by atomic mass is 9.55. The standard InChI is InChI=1S/C18H26FNO/c1-3-21-17-12-16(18(17)10-5-4-6-11-18)20-15-9-7-8-14(19)13(15)2/h7-9,16-17,20H,3-6,10-12H2,1-2H3. The van der Waals surface area contributed by atoms with Crippen molar-refractivity contribution in [1.82, 2.24) is 0 Å². The van der Waals surface area contributed by atoms with Crippen LogP contribution in [-0.2, 0) is 4.74 Å². The molecule has 0 aromatic heterocycles. The summed E-state index contributed by atoms with van der Waals surface area (Å²) in [4.78, 5) is 0. The van der Waals surface area contributed by atoms with Crippen molar-refractivity contribution >= 4 is 5.69 Å². The molecule has 21 heavy (non-hydrogen) atoms. The van der Waals surface area contributed by atoms with Crippen molar-refractivity contribution in [1.29, 1.82) is 0 Å². The van der Waals surface area contributed by atoms with E-state index < -0.39 is 0 Å². The third kappa shape index (κ3) is 2.57. The molecule has 2 aliphatic rings. The molecule has 3 heteroatoms. The molecule has 1 aromatic carbocycles. The van der Waals surface area contributed by atoms with E-state index in [0.717, 1.165) is 24.3 Å². The summed E-state index contributed by atoms with van der Waals surface area (Å²) >= 11 is 0. The quantitative estimate of drug-likeness (QED) is 0.870. The number of anilines is 1. The maximum atomic E-state index is 13.7. The Balaban J connectivity index is 1.77. The molecule has 1 N–H and O–H groups in total. The zero-order chi connectivity index (χ0) is 14.9. The highest BCUT2D eigenvalue weighted by Crippen LogP contribution is 2.54. The Morgan fingerprint density at radius 1 is 1.29 bits per heavy atom. The number of nitrogens with one attached hydrogen (secondary N) is 1. The fourth-order valence-electron chi connectivity index (χ4n) is 4.22. The van der Waals surface area contributed by atoms with Crippen molar-refractivity contribution in [3.8, 4) is 0 Å². The largest absolute Gasteiger partial charge is 0.381 e. The zero-order valence-corrected chi connectivity index (χ0v) is 13.1. The molecule has 1 spiro atoms. The van der Waals surface area contributed by atoms with Gasteiger partial charge >= 0.3 is 0 Å². The summed E-state index contributed by atoms with van der Waals surface area (Å²) in [7, 11) is 0. The van der Waals surface area contributed by atoms with Crippen LogP contribution in [-0.4, -0.2) is 18.8 Å². The molecular weight excluding hydrogens is 265 g/mol. The van der Waals surface area contributed by atoms with Crippen molar-refractivity contribution in [3.63, 3.8) is 0 Å². The lowest BCUT2D eigenvalue weighted by molar-refractivity contribution is -0.134. The van der Waals surface area contributed by atoms with Crippen LogP contribution in [0.2, 0.25) is 0 Å². The topological polar surface area (TPSA) is 21.3 Å². The summed E-state index contributed by atoms with van der Waals surface area (Å²) in [6.07, 6.45) is 7.84. The Bertz CT molecular complexity index is 496. The number of benzene rings is 1. The van der Waals surface area contributed by atoms with Crippen molar-refractivity contribution in [2.24, 2.45) is 5.41 Å². The van der Waals surface area contributed by atoms with E-state index in [0.29, 0.717) is 12.1 Å². The summed E-state index contributed by atoms with van der Waals surface area (Å²) in [6.45, 7) is 4.72.